The van der Waals surface area contributed by atoms with Gasteiger partial charge in [-0.3, -0.25) is 14.7 Å². The van der Waals surface area contributed by atoms with Crippen molar-refractivity contribution in [3.05, 3.63) is 64.3 Å². The van der Waals surface area contributed by atoms with Gasteiger partial charge in [0.15, 0.2) is 6.10 Å². The van der Waals surface area contributed by atoms with Crippen LogP contribution in [0.15, 0.2) is 42.5 Å². The summed E-state index contributed by atoms with van der Waals surface area (Å²) in [6, 6.07) is 12.5. The Bertz CT molecular complexity index is 1230. The second-order valence-electron chi connectivity index (χ2n) is 8.34. The van der Waals surface area contributed by atoms with Crippen molar-refractivity contribution in [2.45, 2.75) is 39.3 Å². The fourth-order valence-corrected chi connectivity index (χ4v) is 4.44. The molecule has 1 aliphatic rings. The number of carbonyl (C=O) groups excluding carboxylic acids is 2. The minimum atomic E-state index is -1.03. The number of hydrogen-bond acceptors (Lipinski definition) is 6. The summed E-state index contributed by atoms with van der Waals surface area (Å²) in [5.74, 6) is -0.552. The molecule has 4 rings (SSSR count). The van der Waals surface area contributed by atoms with E-state index in [0.717, 1.165) is 48.1 Å². The molecule has 2 aromatic carbocycles. The van der Waals surface area contributed by atoms with Gasteiger partial charge in [0.1, 0.15) is 5.75 Å². The van der Waals surface area contributed by atoms with Crippen LogP contribution in [0.25, 0.3) is 10.9 Å². The van der Waals surface area contributed by atoms with Gasteiger partial charge in [-0.25, -0.2) is 4.79 Å². The molecule has 1 amide bonds. The predicted octanol–water partition coefficient (Wildman–Crippen LogP) is 4.85. The number of anilines is 1. The summed E-state index contributed by atoms with van der Waals surface area (Å²) in [4.78, 5) is 33.4. The lowest BCUT2D eigenvalue weighted by Crippen LogP contribution is -2.34. The molecule has 1 N–H and O–H groups in total. The molecule has 0 aliphatic carbocycles. The molecule has 0 saturated heterocycles. The van der Waals surface area contributed by atoms with E-state index in [-0.39, 0.29) is 0 Å². The van der Waals surface area contributed by atoms with Gasteiger partial charge in [-0.15, -0.1) is 0 Å². The number of carbonyl (C=O) groups is 2. The van der Waals surface area contributed by atoms with Crippen molar-refractivity contribution in [2.24, 2.45) is 0 Å². The molecule has 3 aromatic rings. The molecule has 0 radical (unpaired) electrons. The average molecular weight is 482 g/mol. The summed E-state index contributed by atoms with van der Waals surface area (Å²) in [7, 11) is 1.50. The third kappa shape index (κ3) is 5.00. The van der Waals surface area contributed by atoms with Gasteiger partial charge in [0.2, 0.25) is 0 Å². The molecule has 0 bridgehead atoms. The van der Waals surface area contributed by atoms with Crippen molar-refractivity contribution in [3.8, 4) is 5.75 Å². The van der Waals surface area contributed by atoms with Crippen molar-refractivity contribution in [1.82, 2.24) is 9.88 Å². The van der Waals surface area contributed by atoms with E-state index in [9.17, 15) is 9.59 Å². The van der Waals surface area contributed by atoms with Gasteiger partial charge < -0.3 is 14.8 Å². The lowest BCUT2D eigenvalue weighted by atomic mass is 9.95. The first kappa shape index (κ1) is 24.0. The Morgan fingerprint density at radius 2 is 2.03 bits per heavy atom. The summed E-state index contributed by atoms with van der Waals surface area (Å²) in [5, 5.41) is 3.92. The monoisotopic (exact) mass is 481 g/mol. The summed E-state index contributed by atoms with van der Waals surface area (Å²) >= 11 is 6.06. The lowest BCUT2D eigenvalue weighted by molar-refractivity contribution is -0.123. The quantitative estimate of drug-likeness (QED) is 0.486. The van der Waals surface area contributed by atoms with Gasteiger partial charge in [0, 0.05) is 41.2 Å². The summed E-state index contributed by atoms with van der Waals surface area (Å²) < 4.78 is 11.0. The van der Waals surface area contributed by atoms with Crippen LogP contribution < -0.4 is 10.1 Å². The van der Waals surface area contributed by atoms with Gasteiger partial charge in [-0.1, -0.05) is 36.7 Å². The van der Waals surface area contributed by atoms with E-state index in [2.05, 4.69) is 17.1 Å². The normalized spacial score (nSPS) is 14.4. The standard InChI is InChI=1S/C26H28ClN3O4/c1-4-12-30-13-11-21-19(15-30)24(18-7-5-6-8-20(18)28-21)26(32)34-16(2)25(31)29-22-14-17(27)9-10-23(22)33-3/h5-10,14,16H,4,11-13,15H2,1-3H3,(H,29,31). The van der Waals surface area contributed by atoms with Crippen LogP contribution in [0.2, 0.25) is 5.02 Å². The molecule has 0 saturated carbocycles. The molecule has 1 aromatic heterocycles. The highest BCUT2D eigenvalue weighted by Gasteiger charge is 2.28. The van der Waals surface area contributed by atoms with Gasteiger partial charge >= 0.3 is 5.97 Å². The molecule has 1 aliphatic heterocycles. The molecule has 1 atom stereocenters. The van der Waals surface area contributed by atoms with Crippen LogP contribution in [0.3, 0.4) is 0 Å². The van der Waals surface area contributed by atoms with Crippen LogP contribution in [0.4, 0.5) is 5.69 Å². The third-order valence-electron chi connectivity index (χ3n) is 5.94. The minimum absolute atomic E-state index is 0.407. The Morgan fingerprint density at radius 1 is 1.24 bits per heavy atom. The number of esters is 1. The smallest absolute Gasteiger partial charge is 0.339 e. The number of hydrogen-bond donors (Lipinski definition) is 1. The number of nitrogens with zero attached hydrogens (tertiary/aromatic N) is 2. The zero-order valence-corrected chi connectivity index (χ0v) is 20.3. The van der Waals surface area contributed by atoms with Crippen LogP contribution in [0.1, 0.15) is 41.9 Å². The van der Waals surface area contributed by atoms with Crippen LogP contribution in [0.5, 0.6) is 5.75 Å². The zero-order chi connectivity index (χ0) is 24.2. The molecule has 34 heavy (non-hydrogen) atoms. The number of methoxy groups -OCH3 is 1. The van der Waals surface area contributed by atoms with Gasteiger partial charge in [-0.05, 0) is 44.2 Å². The predicted molar refractivity (Wildman–Crippen MR) is 133 cm³/mol. The Hall–Kier alpha value is -3.16. The average Bonchev–Trinajstić information content (AvgIpc) is 2.82. The first-order valence-corrected chi connectivity index (χ1v) is 11.8. The zero-order valence-electron chi connectivity index (χ0n) is 19.6. The maximum absolute atomic E-state index is 13.4. The number of rotatable bonds is 7. The SMILES string of the molecule is CCCN1CCc2nc3ccccc3c(C(=O)OC(C)C(=O)Nc3cc(Cl)ccc3OC)c2C1. The van der Waals surface area contributed by atoms with Crippen molar-refractivity contribution in [2.75, 3.05) is 25.5 Å². The van der Waals surface area contributed by atoms with Crippen LogP contribution >= 0.6 is 11.6 Å². The first-order chi connectivity index (χ1) is 16.4. The summed E-state index contributed by atoms with van der Waals surface area (Å²) in [5.41, 5.74) is 3.44. The van der Waals surface area contributed by atoms with Crippen LogP contribution in [-0.2, 0) is 22.5 Å². The number of pyridine rings is 1. The molecule has 178 valence electrons. The Labute approximate surface area is 204 Å². The van der Waals surface area contributed by atoms with Gasteiger partial charge in [0.25, 0.3) is 5.91 Å². The second kappa shape index (κ2) is 10.4. The van der Waals surface area contributed by atoms with Crippen LogP contribution in [0, 0.1) is 0 Å². The van der Waals surface area contributed by atoms with E-state index >= 15 is 0 Å². The van der Waals surface area contributed by atoms with Crippen molar-refractivity contribution in [3.63, 3.8) is 0 Å². The number of benzene rings is 2. The lowest BCUT2D eigenvalue weighted by Gasteiger charge is -2.29. The molecule has 0 spiro atoms. The molecular weight excluding hydrogens is 454 g/mol. The van der Waals surface area contributed by atoms with Crippen molar-refractivity contribution >= 4 is 40.1 Å². The topological polar surface area (TPSA) is 80.8 Å². The Morgan fingerprint density at radius 3 is 2.79 bits per heavy atom. The summed E-state index contributed by atoms with van der Waals surface area (Å²) in [6.45, 7) is 6.16. The molecule has 0 fully saturated rings. The molecule has 8 heteroatoms. The number of aromatic nitrogens is 1. The number of ether oxygens (including phenoxy) is 2. The number of amides is 1. The maximum Gasteiger partial charge on any atom is 0.339 e. The fourth-order valence-electron chi connectivity index (χ4n) is 4.27. The maximum atomic E-state index is 13.4. The van der Waals surface area contributed by atoms with Crippen molar-refractivity contribution < 1.29 is 19.1 Å². The fraction of sp³-hybridized carbons (Fsp3) is 0.346. The number of fused-ring (bicyclic) bond motifs is 2. The van der Waals surface area contributed by atoms with E-state index in [0.29, 0.717) is 28.6 Å². The molecule has 2 heterocycles. The highest BCUT2D eigenvalue weighted by molar-refractivity contribution is 6.31. The molecule has 1 unspecified atom stereocenters. The number of halogens is 1. The Balaban J connectivity index is 1.61. The Kier molecular flexibility index (Phi) is 7.34. The van der Waals surface area contributed by atoms with Gasteiger partial charge in [-0.2, -0.15) is 0 Å². The highest BCUT2D eigenvalue weighted by Crippen LogP contribution is 2.30. The van der Waals surface area contributed by atoms with Crippen LogP contribution in [-0.4, -0.2) is 48.1 Å². The number of para-hydroxylation sites is 1. The molecule has 7 nitrogen and oxygen atoms in total. The van der Waals surface area contributed by atoms with E-state index in [1.165, 1.54) is 7.11 Å². The minimum Gasteiger partial charge on any atom is -0.495 e. The van der Waals surface area contributed by atoms with E-state index in [1.54, 1.807) is 25.1 Å². The largest absolute Gasteiger partial charge is 0.495 e. The molecular formula is C26H28ClN3O4. The third-order valence-corrected chi connectivity index (χ3v) is 6.18. The van der Waals surface area contributed by atoms with Crippen molar-refractivity contribution in [1.29, 1.82) is 0 Å². The van der Waals surface area contributed by atoms with E-state index in [4.69, 9.17) is 26.1 Å². The van der Waals surface area contributed by atoms with Gasteiger partial charge in [0.05, 0.1) is 23.9 Å². The summed E-state index contributed by atoms with van der Waals surface area (Å²) in [6.07, 6.45) is 0.764. The van der Waals surface area contributed by atoms with E-state index < -0.39 is 18.0 Å². The van der Waals surface area contributed by atoms with E-state index in [1.807, 2.05) is 24.3 Å². The first-order valence-electron chi connectivity index (χ1n) is 11.4. The second-order valence-corrected chi connectivity index (χ2v) is 8.77. The highest BCUT2D eigenvalue weighted by atomic mass is 35.5. The number of nitrogens with one attached hydrogen (secondary N) is 1.